The SMILES string of the molecule is C=CCCC=CC=C(C)CCC(O)(c1cc(OC)c(OC)c(OC)c1)c1cccs1. The van der Waals surface area contributed by atoms with Crippen LogP contribution in [0.25, 0.3) is 0 Å². The predicted octanol–water partition coefficient (Wildman–Crippen LogP) is 6.26. The molecule has 1 unspecified atom stereocenters. The van der Waals surface area contributed by atoms with Gasteiger partial charge in [0.1, 0.15) is 5.60 Å². The fourth-order valence-electron chi connectivity index (χ4n) is 3.25. The molecule has 0 aliphatic heterocycles. The first-order chi connectivity index (χ1) is 14.5. The van der Waals surface area contributed by atoms with Gasteiger partial charge >= 0.3 is 0 Å². The molecule has 0 saturated carbocycles. The second-order valence-corrected chi connectivity index (χ2v) is 8.01. The molecular weight excluding hydrogens is 396 g/mol. The number of unbranched alkanes of at least 4 members (excludes halogenated alkanes) is 1. The maximum atomic E-state index is 11.8. The third-order valence-corrected chi connectivity index (χ3v) is 6.03. The van der Waals surface area contributed by atoms with Crippen molar-refractivity contribution in [3.05, 3.63) is 76.5 Å². The van der Waals surface area contributed by atoms with Crippen LogP contribution in [-0.4, -0.2) is 26.4 Å². The first-order valence-corrected chi connectivity index (χ1v) is 10.9. The lowest BCUT2D eigenvalue weighted by Gasteiger charge is -2.29. The molecule has 4 nitrogen and oxygen atoms in total. The van der Waals surface area contributed by atoms with Gasteiger partial charge in [-0.15, -0.1) is 17.9 Å². The summed E-state index contributed by atoms with van der Waals surface area (Å²) in [5, 5.41) is 13.8. The molecule has 1 heterocycles. The highest BCUT2D eigenvalue weighted by atomic mass is 32.1. The molecule has 1 N–H and O–H groups in total. The Hall–Kier alpha value is -2.50. The number of hydrogen-bond acceptors (Lipinski definition) is 5. The van der Waals surface area contributed by atoms with E-state index in [0.29, 0.717) is 29.2 Å². The smallest absolute Gasteiger partial charge is 0.203 e. The van der Waals surface area contributed by atoms with E-state index >= 15 is 0 Å². The number of rotatable bonds is 12. The molecule has 30 heavy (non-hydrogen) atoms. The van der Waals surface area contributed by atoms with Gasteiger partial charge in [-0.05, 0) is 61.7 Å². The zero-order valence-electron chi connectivity index (χ0n) is 18.3. The van der Waals surface area contributed by atoms with E-state index in [0.717, 1.165) is 24.1 Å². The zero-order valence-corrected chi connectivity index (χ0v) is 19.1. The molecule has 162 valence electrons. The van der Waals surface area contributed by atoms with Crippen LogP contribution in [0.2, 0.25) is 0 Å². The van der Waals surface area contributed by atoms with Crippen molar-refractivity contribution in [2.75, 3.05) is 21.3 Å². The summed E-state index contributed by atoms with van der Waals surface area (Å²) in [4.78, 5) is 0.881. The normalized spacial score (nSPS) is 13.8. The highest BCUT2D eigenvalue weighted by Gasteiger charge is 2.34. The number of methoxy groups -OCH3 is 3. The summed E-state index contributed by atoms with van der Waals surface area (Å²) in [7, 11) is 4.73. The molecule has 0 amide bonds. The van der Waals surface area contributed by atoms with Gasteiger partial charge in [0, 0.05) is 4.88 Å². The molecule has 2 aromatic rings. The maximum Gasteiger partial charge on any atom is 0.203 e. The molecule has 0 aliphatic rings. The Labute approximate surface area is 184 Å². The van der Waals surface area contributed by atoms with E-state index in [1.54, 1.807) is 21.3 Å². The van der Waals surface area contributed by atoms with Crippen molar-refractivity contribution in [3.8, 4) is 17.2 Å². The minimum Gasteiger partial charge on any atom is -0.493 e. The van der Waals surface area contributed by atoms with Crippen LogP contribution >= 0.6 is 11.3 Å². The topological polar surface area (TPSA) is 47.9 Å². The monoisotopic (exact) mass is 428 g/mol. The summed E-state index contributed by atoms with van der Waals surface area (Å²) in [6.07, 6.45) is 11.5. The first-order valence-electron chi connectivity index (χ1n) is 10.00. The lowest BCUT2D eigenvalue weighted by Crippen LogP contribution is -2.26. The van der Waals surface area contributed by atoms with Crippen LogP contribution in [0.1, 0.15) is 43.0 Å². The third kappa shape index (κ3) is 5.77. The van der Waals surface area contributed by atoms with Gasteiger partial charge in [0.25, 0.3) is 0 Å². The summed E-state index contributed by atoms with van der Waals surface area (Å²) in [6.45, 7) is 5.82. The average Bonchev–Trinajstić information content (AvgIpc) is 3.31. The Morgan fingerprint density at radius 1 is 1.13 bits per heavy atom. The summed E-state index contributed by atoms with van der Waals surface area (Å²) >= 11 is 1.53. The zero-order chi connectivity index (χ0) is 22.0. The van der Waals surface area contributed by atoms with Crippen LogP contribution in [-0.2, 0) is 5.60 Å². The average molecular weight is 429 g/mol. The van der Waals surface area contributed by atoms with E-state index in [-0.39, 0.29) is 0 Å². The first kappa shape index (κ1) is 23.8. The van der Waals surface area contributed by atoms with Crippen LogP contribution in [0.4, 0.5) is 0 Å². The Balaban J connectivity index is 2.36. The predicted molar refractivity (Wildman–Crippen MR) is 125 cm³/mol. The van der Waals surface area contributed by atoms with Gasteiger partial charge < -0.3 is 19.3 Å². The molecule has 0 fully saturated rings. The fourth-order valence-corrected chi connectivity index (χ4v) is 4.12. The lowest BCUT2D eigenvalue weighted by molar-refractivity contribution is 0.0745. The quantitative estimate of drug-likeness (QED) is 0.246. The Morgan fingerprint density at radius 2 is 1.83 bits per heavy atom. The van der Waals surface area contributed by atoms with E-state index in [1.165, 1.54) is 16.9 Å². The second kappa shape index (κ2) is 11.6. The lowest BCUT2D eigenvalue weighted by atomic mass is 9.85. The Bertz CT molecular complexity index is 842. The Kier molecular flexibility index (Phi) is 9.21. The second-order valence-electron chi connectivity index (χ2n) is 7.06. The summed E-state index contributed by atoms with van der Waals surface area (Å²) < 4.78 is 16.4. The molecule has 1 aromatic carbocycles. The molecule has 5 heteroatoms. The molecule has 0 aliphatic carbocycles. The highest BCUT2D eigenvalue weighted by Crippen LogP contribution is 2.45. The van der Waals surface area contributed by atoms with Crippen molar-refractivity contribution in [3.63, 3.8) is 0 Å². The van der Waals surface area contributed by atoms with Gasteiger partial charge in [-0.3, -0.25) is 0 Å². The van der Waals surface area contributed by atoms with E-state index in [4.69, 9.17) is 14.2 Å². The number of allylic oxidation sites excluding steroid dienone is 5. The van der Waals surface area contributed by atoms with Crippen LogP contribution in [0.5, 0.6) is 17.2 Å². The standard InChI is InChI=1S/C25H32O4S/c1-6-7-8-9-10-12-19(2)14-15-25(26,23-13-11-16-30-23)20-17-21(27-3)24(29-5)22(18-20)28-4/h6,9-13,16-18,26H,1,7-8,14-15H2,2-5H3. The number of benzene rings is 1. The molecule has 0 radical (unpaired) electrons. The maximum absolute atomic E-state index is 11.8. The molecule has 2 rings (SSSR count). The molecule has 1 atom stereocenters. The van der Waals surface area contributed by atoms with Gasteiger partial charge in [0.2, 0.25) is 5.75 Å². The van der Waals surface area contributed by atoms with Crippen molar-refractivity contribution < 1.29 is 19.3 Å². The van der Waals surface area contributed by atoms with E-state index < -0.39 is 5.60 Å². The summed E-state index contributed by atoms with van der Waals surface area (Å²) in [5.41, 5.74) is 0.754. The van der Waals surface area contributed by atoms with Gasteiger partial charge in [0.05, 0.1) is 21.3 Å². The van der Waals surface area contributed by atoms with E-state index in [1.807, 2.05) is 35.7 Å². The van der Waals surface area contributed by atoms with Gasteiger partial charge in [-0.2, -0.15) is 0 Å². The minimum atomic E-state index is -1.16. The van der Waals surface area contributed by atoms with Crippen LogP contribution in [0, 0.1) is 0 Å². The van der Waals surface area contributed by atoms with Crippen molar-refractivity contribution in [1.82, 2.24) is 0 Å². The minimum absolute atomic E-state index is 0.512. The van der Waals surface area contributed by atoms with Crippen molar-refractivity contribution >= 4 is 11.3 Å². The van der Waals surface area contributed by atoms with Gasteiger partial charge in [-0.1, -0.05) is 35.9 Å². The molecule has 0 bridgehead atoms. The number of hydrogen-bond donors (Lipinski definition) is 1. The summed E-state index contributed by atoms with van der Waals surface area (Å²) in [6, 6.07) is 7.57. The third-order valence-electron chi connectivity index (χ3n) is 5.01. The number of aliphatic hydroxyl groups is 1. The number of ether oxygens (including phenoxy) is 3. The van der Waals surface area contributed by atoms with Crippen LogP contribution in [0.15, 0.2) is 66.1 Å². The molecular formula is C25H32O4S. The van der Waals surface area contributed by atoms with Crippen LogP contribution < -0.4 is 14.2 Å². The largest absolute Gasteiger partial charge is 0.493 e. The van der Waals surface area contributed by atoms with Crippen LogP contribution in [0.3, 0.4) is 0 Å². The number of thiophene rings is 1. The van der Waals surface area contributed by atoms with Crippen molar-refractivity contribution in [1.29, 1.82) is 0 Å². The highest BCUT2D eigenvalue weighted by molar-refractivity contribution is 7.10. The van der Waals surface area contributed by atoms with Crippen molar-refractivity contribution in [2.24, 2.45) is 0 Å². The van der Waals surface area contributed by atoms with Crippen molar-refractivity contribution in [2.45, 2.75) is 38.2 Å². The van der Waals surface area contributed by atoms with Gasteiger partial charge in [0.15, 0.2) is 11.5 Å². The molecule has 0 spiro atoms. The van der Waals surface area contributed by atoms with E-state index in [2.05, 4.69) is 31.7 Å². The molecule has 1 aromatic heterocycles. The Morgan fingerprint density at radius 3 is 2.37 bits per heavy atom. The van der Waals surface area contributed by atoms with E-state index in [9.17, 15) is 5.11 Å². The van der Waals surface area contributed by atoms with Gasteiger partial charge in [-0.25, -0.2) is 0 Å². The summed E-state index contributed by atoms with van der Waals surface area (Å²) in [5.74, 6) is 1.57. The fraction of sp³-hybridized carbons (Fsp3) is 0.360. The molecule has 0 saturated heterocycles.